The van der Waals surface area contributed by atoms with Crippen LogP contribution in [-0.4, -0.2) is 198 Å². The molecule has 0 saturated carbocycles. The molecular formula is C71H106B2N4O23P. The molecule has 5 fully saturated rings. The number of benzene rings is 2. The van der Waals surface area contributed by atoms with Crippen LogP contribution < -0.4 is 0 Å². The van der Waals surface area contributed by atoms with Gasteiger partial charge in [0, 0.05) is 33.9 Å². The van der Waals surface area contributed by atoms with Crippen LogP contribution in [0.1, 0.15) is 166 Å². The maximum atomic E-state index is 14.5. The first-order valence-electron chi connectivity index (χ1n) is 35.4. The van der Waals surface area contributed by atoms with E-state index >= 15 is 0 Å². The van der Waals surface area contributed by atoms with Crippen LogP contribution in [0, 0.1) is 29.1 Å². The average molecular weight is 1440 g/mol. The van der Waals surface area contributed by atoms with Crippen molar-refractivity contribution in [1.29, 1.82) is 0 Å². The number of hydrogen-bond acceptors (Lipinski definition) is 24. The number of amides is 1. The van der Waals surface area contributed by atoms with E-state index in [-0.39, 0.29) is 52.6 Å². The number of carbonyl (C=O) groups is 6. The molecule has 101 heavy (non-hydrogen) atoms. The molecule has 0 aliphatic carbocycles. The molecule has 0 aromatic heterocycles. The molecule has 7 rings (SSSR count). The predicted octanol–water partition coefficient (Wildman–Crippen LogP) is 10.4. The Labute approximate surface area is 597 Å². The van der Waals surface area contributed by atoms with Crippen LogP contribution in [0.5, 0.6) is 0 Å². The molecule has 30 heteroatoms. The Bertz CT molecular complexity index is 3050. The summed E-state index contributed by atoms with van der Waals surface area (Å²) in [6.07, 6.45) is -11.5. The maximum absolute atomic E-state index is 14.5. The van der Waals surface area contributed by atoms with E-state index in [0.29, 0.717) is 45.8 Å². The Balaban J connectivity index is 1.17. The van der Waals surface area contributed by atoms with E-state index in [9.17, 15) is 39.0 Å². The van der Waals surface area contributed by atoms with Crippen molar-refractivity contribution >= 4 is 58.3 Å². The standard InChI is InChI=1S/C71H106B2N4O23P/c1-16-41(3)51-34-43(5)57(97-64-54(75-76-74)60(91-47(9)80)58(90-46(8)79)52(94-64)38-86-45(7)78)65(93-51)98-61-62(92-48(10)81)66(96-56(42(4)17-2)63(61)101-73-72-84)95-55-44(6)35-71(67(82)85-15,100-59(55)53-39-88-70(13,14)99-53)89-40-69(11,12)32-26-18-19-27-33-77(36-49-28-22-20-23-29-49)68(83)87-37-50-30-24-21-25-31-50/h20-25,28-31,41-44,51-66,101H,16-19,26-27,32-40H2,1-15H3/t41-,42-,43?,44+,51+,52?,53+,54+,55+,56?,57?,58+,59?,60?,61+,62?,63+,64+,65+,66-,71+/m0/s1. The summed E-state index contributed by atoms with van der Waals surface area (Å²) in [4.78, 5) is 84.3. The molecular weight excluding hydrogens is 1330 g/mol. The van der Waals surface area contributed by atoms with Crippen LogP contribution in [0.4, 0.5) is 4.79 Å². The molecule has 22 atom stereocenters. The van der Waals surface area contributed by atoms with Gasteiger partial charge < -0.3 is 23.8 Å². The van der Waals surface area contributed by atoms with Gasteiger partial charge in [-0.3, -0.25) is 14.4 Å². The molecule has 2 aromatic rings. The van der Waals surface area contributed by atoms with Gasteiger partial charge in [-0.1, -0.05) is 93.8 Å². The monoisotopic (exact) mass is 1440 g/mol. The average Bonchev–Trinajstić information content (AvgIpc) is 1.67. The number of unbranched alkanes of at least 4 members (excludes halogenated alkanes) is 3. The minimum absolute atomic E-state index is 0.00838. The van der Waals surface area contributed by atoms with Gasteiger partial charge in [-0.05, 0) is 48.8 Å². The third-order valence-corrected chi connectivity index (χ3v) is 20.7. The molecule has 0 N–H and O–H groups in total. The molecule has 8 unspecified atom stereocenters. The van der Waals surface area contributed by atoms with Gasteiger partial charge in [0.15, 0.2) is 0 Å². The summed E-state index contributed by atoms with van der Waals surface area (Å²) in [6.45, 7) is 26.2. The topological polar surface area (TPSA) is 319 Å². The number of carbonyl (C=O) groups excluding carboxylic acids is 6. The molecule has 27 nitrogen and oxygen atoms in total. The molecule has 0 bridgehead atoms. The van der Waals surface area contributed by atoms with Crippen molar-refractivity contribution in [2.24, 2.45) is 34.2 Å². The molecule has 5 aliphatic rings. The van der Waals surface area contributed by atoms with Gasteiger partial charge in [-0.2, -0.15) is 0 Å². The van der Waals surface area contributed by atoms with Gasteiger partial charge in [-0.15, -0.1) is 0 Å². The number of azide groups is 1. The fourth-order valence-electron chi connectivity index (χ4n) is 13.7. The Hall–Kier alpha value is -5.67. The van der Waals surface area contributed by atoms with Crippen LogP contribution in [0.25, 0.3) is 10.4 Å². The van der Waals surface area contributed by atoms with Crippen molar-refractivity contribution in [1.82, 2.24) is 4.90 Å². The molecule has 559 valence electrons. The molecule has 5 saturated heterocycles. The van der Waals surface area contributed by atoms with E-state index in [1.165, 1.54) is 27.8 Å². The van der Waals surface area contributed by atoms with E-state index in [4.69, 9.17) is 75.8 Å². The Kier molecular flexibility index (Phi) is 31.8. The minimum atomic E-state index is -1.98. The Morgan fingerprint density at radius 3 is 1.95 bits per heavy atom. The summed E-state index contributed by atoms with van der Waals surface area (Å²) in [5, 5.41) is 3.98. The summed E-state index contributed by atoms with van der Waals surface area (Å²) in [7, 11) is 1.66. The van der Waals surface area contributed by atoms with Gasteiger partial charge in [0.2, 0.25) is 0 Å². The molecule has 0 spiro atoms. The van der Waals surface area contributed by atoms with Crippen LogP contribution in [0.2, 0.25) is 0 Å². The molecule has 1 amide bonds. The van der Waals surface area contributed by atoms with Crippen LogP contribution in [-0.2, 0) is 118 Å². The van der Waals surface area contributed by atoms with Gasteiger partial charge in [0.25, 0.3) is 0 Å². The second-order valence-corrected chi connectivity index (χ2v) is 29.8. The summed E-state index contributed by atoms with van der Waals surface area (Å²) < 4.78 is 116. The molecule has 1 radical (unpaired) electrons. The molecule has 5 aliphatic heterocycles. The van der Waals surface area contributed by atoms with E-state index in [2.05, 4.69) is 23.9 Å². The van der Waals surface area contributed by atoms with Gasteiger partial charge in [0.05, 0.1) is 13.7 Å². The summed E-state index contributed by atoms with van der Waals surface area (Å²) >= 11 is 0. The number of rotatable bonds is 35. The number of esters is 5. The third-order valence-electron chi connectivity index (χ3n) is 19.3. The Morgan fingerprint density at radius 1 is 0.733 bits per heavy atom. The SMILES string of the molecule is CC[C@H](C)C1O[C@H](O[C@H]2C([C@H]3COC(C)(C)O3)O[C@@](OCC(C)(C)CCCCCCN(Cc3ccccc3)C(=O)OCc3ccccc3)(C(=O)OC)C[C@H]2C)C(OC(C)=O)[C@@H](O[C@H]2O[C@@H]([C@@H](C)CC)CC(C)C2O[C@H]2OC(COC(C)=O)[C@@H](OC(C)=O)C(OC(C)=O)[C@H]2N=[N+]=[N-])[C@@H]1P[B]B=O. The first-order valence-corrected chi connectivity index (χ1v) is 36.6. The van der Waals surface area contributed by atoms with Crippen LogP contribution in [0.3, 0.4) is 0 Å². The van der Waals surface area contributed by atoms with Gasteiger partial charge in [-0.25, -0.2) is 9.59 Å². The number of ether oxygens (including phenoxy) is 16. The summed E-state index contributed by atoms with van der Waals surface area (Å²) in [5.41, 5.74) is 10.8. The summed E-state index contributed by atoms with van der Waals surface area (Å²) in [6, 6.07) is 17.9. The van der Waals surface area contributed by atoms with E-state index in [1.807, 2.05) is 102 Å². The zero-order valence-electron chi connectivity index (χ0n) is 61.3. The first-order chi connectivity index (χ1) is 48.0. The number of nitrogens with zero attached hydrogens (tertiary/aromatic N) is 4. The van der Waals surface area contributed by atoms with Crippen molar-refractivity contribution in [3.8, 4) is 0 Å². The van der Waals surface area contributed by atoms with Crippen molar-refractivity contribution in [2.75, 3.05) is 33.5 Å². The van der Waals surface area contributed by atoms with Crippen LogP contribution in [0.15, 0.2) is 65.8 Å². The number of hydrogen-bond donors (Lipinski definition) is 0. The van der Waals surface area contributed by atoms with Crippen molar-refractivity contribution in [2.45, 2.75) is 277 Å². The third kappa shape index (κ3) is 23.4. The van der Waals surface area contributed by atoms with E-state index in [1.54, 1.807) is 18.7 Å². The first kappa shape index (κ1) is 82.6. The fourth-order valence-corrected chi connectivity index (χ4v) is 15.0. The fraction of sp³-hybridized carbons (Fsp3) is 0.746. The Morgan fingerprint density at radius 2 is 1.35 bits per heavy atom. The zero-order chi connectivity index (χ0) is 73.8. The quantitative estimate of drug-likeness (QED) is 0.00904. The number of methoxy groups -OCH3 is 1. The van der Waals surface area contributed by atoms with Crippen LogP contribution >= 0.6 is 8.46 Å². The van der Waals surface area contributed by atoms with Gasteiger partial charge in [0.1, 0.15) is 6.61 Å². The molecule has 2 aromatic carbocycles. The second-order valence-electron chi connectivity index (χ2n) is 28.5. The van der Waals surface area contributed by atoms with E-state index < -0.39 is 163 Å². The van der Waals surface area contributed by atoms with Crippen molar-refractivity contribution in [3.05, 3.63) is 82.2 Å². The van der Waals surface area contributed by atoms with Crippen molar-refractivity contribution < 1.29 is 109 Å². The summed E-state index contributed by atoms with van der Waals surface area (Å²) in [5.74, 6) is -8.30. The van der Waals surface area contributed by atoms with E-state index in [0.717, 1.165) is 50.7 Å². The predicted molar refractivity (Wildman–Crippen MR) is 368 cm³/mol. The second kappa shape index (κ2) is 38.9. The van der Waals surface area contributed by atoms with Gasteiger partial charge >= 0.3 is 355 Å². The van der Waals surface area contributed by atoms with Crippen molar-refractivity contribution in [3.63, 3.8) is 0 Å². The molecule has 5 heterocycles. The normalized spacial score (nSPS) is 31.6. The zero-order valence-corrected chi connectivity index (χ0v) is 62.3.